The third-order valence-corrected chi connectivity index (χ3v) is 3.44. The maximum Gasteiger partial charge on any atom is 0.324 e. The highest BCUT2D eigenvalue weighted by Crippen LogP contribution is 2.24. The molecule has 1 N–H and O–H groups in total. The molecule has 1 heterocycles. The van der Waals surface area contributed by atoms with Gasteiger partial charge in [0, 0.05) is 23.5 Å². The van der Waals surface area contributed by atoms with Crippen LogP contribution >= 0.6 is 11.3 Å². The summed E-state index contributed by atoms with van der Waals surface area (Å²) in [5.41, 5.74) is 0. The molecule has 0 atom stereocenters. The van der Waals surface area contributed by atoms with Crippen LogP contribution in [0, 0.1) is 10.1 Å². The van der Waals surface area contributed by atoms with Gasteiger partial charge in [0.05, 0.1) is 4.92 Å². The van der Waals surface area contributed by atoms with Crippen molar-refractivity contribution < 1.29 is 4.92 Å². The Labute approximate surface area is 91.8 Å². The van der Waals surface area contributed by atoms with Gasteiger partial charge in [-0.25, -0.2) is 0 Å². The average Bonchev–Trinajstić information content (AvgIpc) is 2.86. The first kappa shape index (κ1) is 10.3. The van der Waals surface area contributed by atoms with Crippen LogP contribution in [-0.2, 0) is 6.54 Å². The molecule has 1 aliphatic carbocycles. The van der Waals surface area contributed by atoms with Crippen molar-refractivity contribution in [2.45, 2.75) is 25.4 Å². The van der Waals surface area contributed by atoms with Crippen LogP contribution in [0.4, 0.5) is 5.00 Å². The molecule has 0 unspecified atom stereocenters. The summed E-state index contributed by atoms with van der Waals surface area (Å²) in [7, 11) is 0. The van der Waals surface area contributed by atoms with E-state index < -0.39 is 0 Å². The lowest BCUT2D eigenvalue weighted by Crippen LogP contribution is -2.25. The number of nitro groups is 1. The van der Waals surface area contributed by atoms with Gasteiger partial charge in [-0.2, -0.15) is 0 Å². The van der Waals surface area contributed by atoms with Crippen LogP contribution in [0.3, 0.4) is 0 Å². The Hall–Kier alpha value is -1.20. The van der Waals surface area contributed by atoms with E-state index in [1.54, 1.807) is 6.07 Å². The Kier molecular flexibility index (Phi) is 3.13. The van der Waals surface area contributed by atoms with Gasteiger partial charge in [-0.1, -0.05) is 23.5 Å². The Morgan fingerprint density at radius 3 is 2.80 bits per heavy atom. The summed E-state index contributed by atoms with van der Waals surface area (Å²) in [6.07, 6.45) is 6.45. The second-order valence-electron chi connectivity index (χ2n) is 3.52. The third kappa shape index (κ3) is 2.64. The quantitative estimate of drug-likeness (QED) is 0.485. The monoisotopic (exact) mass is 224 g/mol. The maximum absolute atomic E-state index is 10.5. The summed E-state index contributed by atoms with van der Waals surface area (Å²) < 4.78 is 0. The molecule has 1 aliphatic rings. The zero-order valence-corrected chi connectivity index (χ0v) is 9.00. The number of hydrogen-bond donors (Lipinski definition) is 1. The van der Waals surface area contributed by atoms with E-state index in [-0.39, 0.29) is 9.92 Å². The molecule has 0 radical (unpaired) electrons. The zero-order chi connectivity index (χ0) is 10.7. The maximum atomic E-state index is 10.5. The van der Waals surface area contributed by atoms with Gasteiger partial charge < -0.3 is 5.32 Å². The average molecular weight is 224 g/mol. The summed E-state index contributed by atoms with van der Waals surface area (Å²) in [5, 5.41) is 14.1. The van der Waals surface area contributed by atoms with Gasteiger partial charge in [0.2, 0.25) is 0 Å². The number of nitrogens with one attached hydrogen (secondary N) is 1. The predicted molar refractivity (Wildman–Crippen MR) is 60.0 cm³/mol. The number of rotatable bonds is 4. The molecule has 80 valence electrons. The van der Waals surface area contributed by atoms with Gasteiger partial charge in [0.1, 0.15) is 0 Å². The second-order valence-corrected chi connectivity index (χ2v) is 4.66. The first-order valence-electron chi connectivity index (χ1n) is 4.87. The van der Waals surface area contributed by atoms with Gasteiger partial charge in [-0.05, 0) is 18.9 Å². The molecular formula is C10H12N2O2S. The first-order valence-corrected chi connectivity index (χ1v) is 5.69. The van der Waals surface area contributed by atoms with Gasteiger partial charge >= 0.3 is 5.00 Å². The largest absolute Gasteiger partial charge is 0.324 e. The Morgan fingerprint density at radius 2 is 2.20 bits per heavy atom. The third-order valence-electron chi connectivity index (χ3n) is 2.40. The fraction of sp³-hybridized carbons (Fsp3) is 0.400. The summed E-state index contributed by atoms with van der Waals surface area (Å²) in [6, 6.07) is 3.89. The lowest BCUT2D eigenvalue weighted by atomic mass is 10.2. The Balaban J connectivity index is 1.85. The molecule has 0 fully saturated rings. The van der Waals surface area contributed by atoms with E-state index >= 15 is 0 Å². The number of thiophene rings is 1. The standard InChI is InChI=1S/C10H12N2O2S/c13-12(14)10-6-5-9(15-10)7-11-8-3-1-2-4-8/h1-2,5-6,8,11H,3-4,7H2. The van der Waals surface area contributed by atoms with Crippen LogP contribution in [0.5, 0.6) is 0 Å². The topological polar surface area (TPSA) is 55.2 Å². The van der Waals surface area contributed by atoms with Gasteiger partial charge in [0.15, 0.2) is 0 Å². The molecule has 1 aromatic rings. The predicted octanol–water partition coefficient (Wildman–Crippen LogP) is 2.46. The van der Waals surface area contributed by atoms with Crippen LogP contribution in [0.1, 0.15) is 17.7 Å². The van der Waals surface area contributed by atoms with Crippen LogP contribution in [0.25, 0.3) is 0 Å². The van der Waals surface area contributed by atoms with Gasteiger partial charge in [-0.15, -0.1) is 0 Å². The molecule has 0 bridgehead atoms. The van der Waals surface area contributed by atoms with E-state index in [9.17, 15) is 10.1 Å². The van der Waals surface area contributed by atoms with E-state index in [4.69, 9.17) is 0 Å². The fourth-order valence-corrected chi connectivity index (χ4v) is 2.36. The van der Waals surface area contributed by atoms with Crippen LogP contribution in [-0.4, -0.2) is 11.0 Å². The molecule has 0 saturated carbocycles. The highest BCUT2D eigenvalue weighted by atomic mass is 32.1. The van der Waals surface area contributed by atoms with Crippen LogP contribution in [0.15, 0.2) is 24.3 Å². The van der Waals surface area contributed by atoms with Crippen molar-refractivity contribution in [3.05, 3.63) is 39.3 Å². The molecule has 1 aromatic heterocycles. The van der Waals surface area contributed by atoms with E-state index in [0.717, 1.165) is 24.3 Å². The van der Waals surface area contributed by atoms with Crippen molar-refractivity contribution in [1.82, 2.24) is 5.32 Å². The van der Waals surface area contributed by atoms with Crippen molar-refractivity contribution in [2.75, 3.05) is 0 Å². The number of hydrogen-bond acceptors (Lipinski definition) is 4. The molecular weight excluding hydrogens is 212 g/mol. The molecule has 4 nitrogen and oxygen atoms in total. The lowest BCUT2D eigenvalue weighted by Gasteiger charge is -2.09. The minimum absolute atomic E-state index is 0.219. The fourth-order valence-electron chi connectivity index (χ4n) is 1.59. The first-order chi connectivity index (χ1) is 7.25. The van der Waals surface area contributed by atoms with E-state index in [2.05, 4.69) is 17.5 Å². The van der Waals surface area contributed by atoms with Crippen LogP contribution < -0.4 is 5.32 Å². The normalized spacial score (nSPS) is 16.0. The van der Waals surface area contributed by atoms with Gasteiger partial charge in [0.25, 0.3) is 0 Å². The van der Waals surface area contributed by atoms with Crippen molar-refractivity contribution >= 4 is 16.3 Å². The molecule has 0 spiro atoms. The Morgan fingerprint density at radius 1 is 1.47 bits per heavy atom. The summed E-state index contributed by atoms with van der Waals surface area (Å²) in [5.74, 6) is 0. The van der Waals surface area contributed by atoms with E-state index in [1.165, 1.54) is 11.3 Å². The highest BCUT2D eigenvalue weighted by Gasteiger charge is 2.12. The summed E-state index contributed by atoms with van der Waals surface area (Å²) in [4.78, 5) is 11.1. The van der Waals surface area contributed by atoms with Crippen LogP contribution in [0.2, 0.25) is 0 Å². The van der Waals surface area contributed by atoms with E-state index in [0.29, 0.717) is 6.04 Å². The molecule has 15 heavy (non-hydrogen) atoms. The highest BCUT2D eigenvalue weighted by molar-refractivity contribution is 7.15. The second kappa shape index (κ2) is 4.55. The van der Waals surface area contributed by atoms with Crippen molar-refractivity contribution in [1.29, 1.82) is 0 Å². The molecule has 2 rings (SSSR count). The molecule has 0 aromatic carbocycles. The summed E-state index contributed by atoms with van der Waals surface area (Å²) in [6.45, 7) is 0.727. The molecule has 0 amide bonds. The molecule has 0 aliphatic heterocycles. The van der Waals surface area contributed by atoms with Crippen molar-refractivity contribution in [3.8, 4) is 0 Å². The number of nitrogens with zero attached hydrogens (tertiary/aromatic N) is 1. The zero-order valence-electron chi connectivity index (χ0n) is 8.18. The molecule has 0 saturated heterocycles. The summed E-state index contributed by atoms with van der Waals surface area (Å²) >= 11 is 1.24. The minimum Gasteiger partial charge on any atom is -0.308 e. The Bertz CT molecular complexity index is 379. The SMILES string of the molecule is O=[N+]([O-])c1ccc(CNC2CC=CC2)s1. The lowest BCUT2D eigenvalue weighted by molar-refractivity contribution is -0.380. The minimum atomic E-state index is -0.342. The smallest absolute Gasteiger partial charge is 0.308 e. The van der Waals surface area contributed by atoms with Crippen molar-refractivity contribution in [2.24, 2.45) is 0 Å². The van der Waals surface area contributed by atoms with Crippen molar-refractivity contribution in [3.63, 3.8) is 0 Å². The van der Waals surface area contributed by atoms with Gasteiger partial charge in [-0.3, -0.25) is 10.1 Å². The molecule has 5 heteroatoms. The van der Waals surface area contributed by atoms with E-state index in [1.807, 2.05) is 6.07 Å².